The van der Waals surface area contributed by atoms with Gasteiger partial charge in [0.25, 0.3) is 0 Å². The van der Waals surface area contributed by atoms with Gasteiger partial charge in [0, 0.05) is 26.2 Å². The van der Waals surface area contributed by atoms with Crippen molar-refractivity contribution in [1.82, 2.24) is 10.2 Å². The molecule has 0 spiro atoms. The smallest absolute Gasteiger partial charge is 0.00477 e. The first-order chi connectivity index (χ1) is 7.75. The van der Waals surface area contributed by atoms with Gasteiger partial charge in [-0.15, -0.1) is 0 Å². The van der Waals surface area contributed by atoms with Crippen LogP contribution in [0, 0.1) is 17.3 Å². The zero-order chi connectivity index (χ0) is 11.0. The lowest BCUT2D eigenvalue weighted by Crippen LogP contribution is -2.45. The van der Waals surface area contributed by atoms with Crippen molar-refractivity contribution in [1.29, 1.82) is 0 Å². The van der Waals surface area contributed by atoms with Crippen LogP contribution in [-0.2, 0) is 0 Å². The molecule has 16 heavy (non-hydrogen) atoms. The van der Waals surface area contributed by atoms with Gasteiger partial charge in [-0.25, -0.2) is 0 Å². The summed E-state index contributed by atoms with van der Waals surface area (Å²) >= 11 is 0. The lowest BCUT2D eigenvalue weighted by molar-refractivity contribution is 0.145. The molecule has 2 heterocycles. The molecule has 1 N–H and O–H groups in total. The molecule has 2 saturated heterocycles. The summed E-state index contributed by atoms with van der Waals surface area (Å²) in [4.78, 5) is 2.77. The van der Waals surface area contributed by atoms with E-state index in [1.165, 1.54) is 64.8 Å². The third-order valence-electron chi connectivity index (χ3n) is 5.09. The van der Waals surface area contributed by atoms with Gasteiger partial charge in [-0.3, -0.25) is 0 Å². The second-order valence-electron chi connectivity index (χ2n) is 6.74. The van der Waals surface area contributed by atoms with Crippen LogP contribution in [-0.4, -0.2) is 37.6 Å². The molecule has 0 aromatic heterocycles. The van der Waals surface area contributed by atoms with E-state index in [9.17, 15) is 0 Å². The summed E-state index contributed by atoms with van der Waals surface area (Å²) in [5, 5.41) is 3.57. The minimum absolute atomic E-state index is 0.552. The second-order valence-corrected chi connectivity index (χ2v) is 6.74. The normalized spacial score (nSPS) is 44.8. The molecule has 3 aliphatic rings. The molecule has 1 aliphatic carbocycles. The van der Waals surface area contributed by atoms with Crippen LogP contribution < -0.4 is 5.32 Å². The Morgan fingerprint density at radius 2 is 1.94 bits per heavy atom. The van der Waals surface area contributed by atoms with Crippen molar-refractivity contribution in [2.24, 2.45) is 17.3 Å². The Hall–Kier alpha value is -0.0800. The Kier molecular flexibility index (Phi) is 2.97. The second kappa shape index (κ2) is 4.30. The predicted octanol–water partition coefficient (Wildman–Crippen LogP) is 2.11. The van der Waals surface area contributed by atoms with Gasteiger partial charge in [-0.1, -0.05) is 13.3 Å². The molecule has 0 radical (unpaired) electrons. The SMILES string of the molecule is CC1(CN2CC3CCCC3C2)CCCNC1. The van der Waals surface area contributed by atoms with Crippen LogP contribution in [0.5, 0.6) is 0 Å². The molecule has 0 bridgehead atoms. The Labute approximate surface area is 99.8 Å². The molecule has 92 valence electrons. The van der Waals surface area contributed by atoms with Crippen LogP contribution in [0.1, 0.15) is 39.0 Å². The van der Waals surface area contributed by atoms with Crippen LogP contribution in [0.3, 0.4) is 0 Å². The zero-order valence-electron chi connectivity index (χ0n) is 10.7. The molecule has 3 rings (SSSR count). The van der Waals surface area contributed by atoms with E-state index in [0.29, 0.717) is 5.41 Å². The minimum Gasteiger partial charge on any atom is -0.316 e. The summed E-state index contributed by atoms with van der Waals surface area (Å²) in [6, 6.07) is 0. The fourth-order valence-electron chi connectivity index (χ4n) is 4.25. The first-order valence-electron chi connectivity index (χ1n) is 7.18. The molecular weight excluding hydrogens is 196 g/mol. The highest BCUT2D eigenvalue weighted by atomic mass is 15.2. The molecule has 0 aromatic rings. The maximum Gasteiger partial charge on any atom is 0.00477 e. The highest BCUT2D eigenvalue weighted by Crippen LogP contribution is 2.39. The Morgan fingerprint density at radius 3 is 2.56 bits per heavy atom. The van der Waals surface area contributed by atoms with E-state index in [0.717, 1.165) is 11.8 Å². The standard InChI is InChI=1S/C14H26N2/c1-14(6-3-7-15-10-14)11-16-8-12-4-2-5-13(12)9-16/h12-13,15H,2-11H2,1H3. The number of nitrogens with one attached hydrogen (secondary N) is 1. The monoisotopic (exact) mass is 222 g/mol. The molecular formula is C14H26N2. The first kappa shape index (κ1) is 11.0. The van der Waals surface area contributed by atoms with Gasteiger partial charge >= 0.3 is 0 Å². The van der Waals surface area contributed by atoms with Crippen molar-refractivity contribution in [2.75, 3.05) is 32.7 Å². The number of rotatable bonds is 2. The molecule has 3 atom stereocenters. The van der Waals surface area contributed by atoms with Gasteiger partial charge in [-0.05, 0) is 49.5 Å². The summed E-state index contributed by atoms with van der Waals surface area (Å²) in [7, 11) is 0. The van der Waals surface area contributed by atoms with E-state index in [1.807, 2.05) is 0 Å². The van der Waals surface area contributed by atoms with Crippen LogP contribution in [0.15, 0.2) is 0 Å². The highest BCUT2D eigenvalue weighted by molar-refractivity contribution is 4.92. The number of hydrogen-bond acceptors (Lipinski definition) is 2. The lowest BCUT2D eigenvalue weighted by atomic mass is 9.82. The van der Waals surface area contributed by atoms with Crippen molar-refractivity contribution >= 4 is 0 Å². The van der Waals surface area contributed by atoms with E-state index >= 15 is 0 Å². The molecule has 1 saturated carbocycles. The van der Waals surface area contributed by atoms with Crippen molar-refractivity contribution in [3.05, 3.63) is 0 Å². The number of likely N-dealkylation sites (tertiary alicyclic amines) is 1. The first-order valence-corrected chi connectivity index (χ1v) is 7.18. The van der Waals surface area contributed by atoms with Crippen LogP contribution >= 0.6 is 0 Å². The van der Waals surface area contributed by atoms with Crippen molar-refractivity contribution in [3.63, 3.8) is 0 Å². The predicted molar refractivity (Wildman–Crippen MR) is 67.5 cm³/mol. The molecule has 0 aromatic carbocycles. The quantitative estimate of drug-likeness (QED) is 0.770. The average Bonchev–Trinajstić information content (AvgIpc) is 2.78. The van der Waals surface area contributed by atoms with Crippen LogP contribution in [0.25, 0.3) is 0 Å². The molecule has 0 amide bonds. The van der Waals surface area contributed by atoms with Gasteiger partial charge in [0.05, 0.1) is 0 Å². The Balaban J connectivity index is 1.55. The van der Waals surface area contributed by atoms with Crippen molar-refractivity contribution in [3.8, 4) is 0 Å². The summed E-state index contributed by atoms with van der Waals surface area (Å²) in [6.45, 7) is 9.10. The lowest BCUT2D eigenvalue weighted by Gasteiger charge is -2.37. The van der Waals surface area contributed by atoms with Gasteiger partial charge in [0.15, 0.2) is 0 Å². The van der Waals surface area contributed by atoms with Gasteiger partial charge in [0.1, 0.15) is 0 Å². The Morgan fingerprint density at radius 1 is 1.19 bits per heavy atom. The topological polar surface area (TPSA) is 15.3 Å². The summed E-state index contributed by atoms with van der Waals surface area (Å²) < 4.78 is 0. The number of fused-ring (bicyclic) bond motifs is 1. The van der Waals surface area contributed by atoms with E-state index in [2.05, 4.69) is 17.1 Å². The van der Waals surface area contributed by atoms with Crippen LogP contribution in [0.2, 0.25) is 0 Å². The summed E-state index contributed by atoms with van der Waals surface area (Å²) in [5.41, 5.74) is 0.552. The summed E-state index contributed by atoms with van der Waals surface area (Å²) in [6.07, 6.45) is 7.32. The maximum absolute atomic E-state index is 3.57. The third-order valence-corrected chi connectivity index (χ3v) is 5.09. The zero-order valence-corrected chi connectivity index (χ0v) is 10.7. The summed E-state index contributed by atoms with van der Waals surface area (Å²) in [5.74, 6) is 2.11. The third kappa shape index (κ3) is 2.14. The highest BCUT2D eigenvalue weighted by Gasteiger charge is 2.38. The van der Waals surface area contributed by atoms with Crippen molar-refractivity contribution in [2.45, 2.75) is 39.0 Å². The molecule has 3 fully saturated rings. The van der Waals surface area contributed by atoms with Gasteiger partial charge < -0.3 is 10.2 Å². The number of nitrogens with zero attached hydrogens (tertiary/aromatic N) is 1. The molecule has 2 heteroatoms. The van der Waals surface area contributed by atoms with Gasteiger partial charge in [-0.2, -0.15) is 0 Å². The minimum atomic E-state index is 0.552. The fraction of sp³-hybridized carbons (Fsp3) is 1.00. The van der Waals surface area contributed by atoms with E-state index in [-0.39, 0.29) is 0 Å². The molecule has 2 nitrogen and oxygen atoms in total. The molecule has 3 unspecified atom stereocenters. The average molecular weight is 222 g/mol. The number of hydrogen-bond donors (Lipinski definition) is 1. The van der Waals surface area contributed by atoms with Crippen LogP contribution in [0.4, 0.5) is 0 Å². The maximum atomic E-state index is 3.57. The van der Waals surface area contributed by atoms with Crippen molar-refractivity contribution < 1.29 is 0 Å². The van der Waals surface area contributed by atoms with E-state index in [1.54, 1.807) is 0 Å². The van der Waals surface area contributed by atoms with E-state index in [4.69, 9.17) is 0 Å². The largest absolute Gasteiger partial charge is 0.316 e. The number of piperidine rings is 1. The van der Waals surface area contributed by atoms with E-state index < -0.39 is 0 Å². The molecule has 2 aliphatic heterocycles. The Bertz CT molecular complexity index is 233. The van der Waals surface area contributed by atoms with Gasteiger partial charge in [0.2, 0.25) is 0 Å². The fourth-order valence-corrected chi connectivity index (χ4v) is 4.25.